The van der Waals surface area contributed by atoms with Gasteiger partial charge >= 0.3 is 0 Å². The average molecular weight is 629 g/mol. The molecule has 232 valence electrons. The number of aromatic nitrogens is 5. The second-order valence-electron chi connectivity index (χ2n) is 11.9. The Hall–Kier alpha value is -4.78. The number of nitrogens with zero attached hydrogens (tertiary/aromatic N) is 8. The van der Waals surface area contributed by atoms with Gasteiger partial charge in [-0.05, 0) is 49.1 Å². The highest BCUT2D eigenvalue weighted by molar-refractivity contribution is 6.32. The van der Waals surface area contributed by atoms with E-state index in [9.17, 15) is 14.4 Å². The largest absolute Gasteiger partial charge is 0.370 e. The van der Waals surface area contributed by atoms with Crippen molar-refractivity contribution in [2.75, 3.05) is 47.2 Å². The van der Waals surface area contributed by atoms with Gasteiger partial charge in [-0.2, -0.15) is 10.1 Å². The van der Waals surface area contributed by atoms with Crippen LogP contribution in [0, 0.1) is 0 Å². The summed E-state index contributed by atoms with van der Waals surface area (Å²) in [6, 6.07) is 8.10. The first-order valence-corrected chi connectivity index (χ1v) is 15.4. The molecule has 0 spiro atoms. The van der Waals surface area contributed by atoms with Gasteiger partial charge < -0.3 is 20.0 Å². The SMILES string of the molecule is CN1C(=O)Cc2cc(Nc3nc(N(C)C4CCN(c5cnc6c(C7CCC(=O)NC7=O)nn(C)c6c5)CC4)ncc3Cl)ccc21. The maximum absolute atomic E-state index is 12.5. The third-order valence-corrected chi connectivity index (χ3v) is 9.39. The van der Waals surface area contributed by atoms with Gasteiger partial charge in [0.25, 0.3) is 0 Å². The molecule has 45 heavy (non-hydrogen) atoms. The lowest BCUT2D eigenvalue weighted by Crippen LogP contribution is -2.44. The molecule has 3 aromatic heterocycles. The first kappa shape index (κ1) is 29.0. The molecule has 0 saturated carbocycles. The van der Waals surface area contributed by atoms with Crippen molar-refractivity contribution in [1.29, 1.82) is 0 Å². The number of likely N-dealkylation sites (N-methyl/N-ethyl adjacent to an activating group) is 1. The molecule has 2 fully saturated rings. The molecule has 13 nitrogen and oxygen atoms in total. The molecule has 6 heterocycles. The van der Waals surface area contributed by atoms with Crippen LogP contribution in [-0.4, -0.2) is 75.7 Å². The molecule has 1 unspecified atom stereocenters. The standard InChI is InChI=1S/C31H33ClN10O3/c1-39(31-34-16-22(32)29(37-31)35-18-4-6-23-17(12-18)13-26(44)40(23)2)19-8-10-42(11-9-19)20-14-24-28(33-15-20)27(38-41(24)3)21-5-7-25(43)36-30(21)45/h4,6,12,14-16,19,21H,5,7-11,13H2,1-3H3,(H,34,35,37)(H,36,43,45). The van der Waals surface area contributed by atoms with Crippen LogP contribution >= 0.6 is 11.6 Å². The van der Waals surface area contributed by atoms with E-state index in [1.54, 1.807) is 22.8 Å². The fourth-order valence-corrected chi connectivity index (χ4v) is 6.62. The molecule has 1 atom stereocenters. The van der Waals surface area contributed by atoms with Crippen molar-refractivity contribution in [3.63, 3.8) is 0 Å². The van der Waals surface area contributed by atoms with Crippen LogP contribution in [0.3, 0.4) is 0 Å². The van der Waals surface area contributed by atoms with Crippen LogP contribution in [0.4, 0.5) is 28.8 Å². The van der Waals surface area contributed by atoms with Gasteiger partial charge in [0.05, 0.1) is 35.9 Å². The summed E-state index contributed by atoms with van der Waals surface area (Å²) in [5.74, 6) is 0.118. The summed E-state index contributed by atoms with van der Waals surface area (Å²) in [7, 11) is 5.64. The van der Waals surface area contributed by atoms with Crippen LogP contribution in [0.5, 0.6) is 0 Å². The maximum Gasteiger partial charge on any atom is 0.235 e. The summed E-state index contributed by atoms with van der Waals surface area (Å²) in [5, 5.41) is 10.8. The van der Waals surface area contributed by atoms with Crippen molar-refractivity contribution in [2.24, 2.45) is 7.05 Å². The monoisotopic (exact) mass is 628 g/mol. The van der Waals surface area contributed by atoms with Gasteiger partial charge in [0, 0.05) is 58.1 Å². The topological polar surface area (TPSA) is 141 Å². The highest BCUT2D eigenvalue weighted by atomic mass is 35.5. The number of carbonyl (C=O) groups is 3. The van der Waals surface area contributed by atoms with Crippen LogP contribution in [0.25, 0.3) is 11.0 Å². The minimum atomic E-state index is -0.483. The Morgan fingerprint density at radius 2 is 1.84 bits per heavy atom. The number of piperidine rings is 2. The molecule has 0 bridgehead atoms. The zero-order valence-electron chi connectivity index (χ0n) is 25.2. The van der Waals surface area contributed by atoms with E-state index in [4.69, 9.17) is 21.6 Å². The van der Waals surface area contributed by atoms with Crippen LogP contribution < -0.4 is 25.3 Å². The molecule has 14 heteroatoms. The van der Waals surface area contributed by atoms with Crippen LogP contribution in [0.15, 0.2) is 36.7 Å². The van der Waals surface area contributed by atoms with Crippen molar-refractivity contribution in [3.8, 4) is 0 Å². The Bertz CT molecular complexity index is 1850. The normalized spacial score (nSPS) is 18.8. The number of benzene rings is 1. The van der Waals surface area contributed by atoms with Gasteiger partial charge in [-0.1, -0.05) is 11.6 Å². The summed E-state index contributed by atoms with van der Waals surface area (Å²) in [6.45, 7) is 1.64. The van der Waals surface area contributed by atoms with E-state index in [2.05, 4.69) is 36.6 Å². The Morgan fingerprint density at radius 1 is 1.04 bits per heavy atom. The molecule has 2 N–H and O–H groups in total. The number of carbonyl (C=O) groups excluding carboxylic acids is 3. The number of halogens is 1. The highest BCUT2D eigenvalue weighted by Gasteiger charge is 2.33. The number of anilines is 5. The van der Waals surface area contributed by atoms with Gasteiger partial charge in [-0.25, -0.2) is 4.98 Å². The number of nitrogens with one attached hydrogen (secondary N) is 2. The Kier molecular flexibility index (Phi) is 7.27. The predicted octanol–water partition coefficient (Wildman–Crippen LogP) is 3.30. The van der Waals surface area contributed by atoms with Crippen LogP contribution in [0.2, 0.25) is 5.02 Å². The first-order chi connectivity index (χ1) is 21.7. The van der Waals surface area contributed by atoms with E-state index in [1.807, 2.05) is 38.5 Å². The molecule has 2 saturated heterocycles. The van der Waals surface area contributed by atoms with Crippen LogP contribution in [0.1, 0.15) is 42.9 Å². The summed E-state index contributed by atoms with van der Waals surface area (Å²) in [5.41, 5.74) is 5.84. The summed E-state index contributed by atoms with van der Waals surface area (Å²) in [6.07, 6.45) is 6.35. The Morgan fingerprint density at radius 3 is 2.62 bits per heavy atom. The van der Waals surface area contributed by atoms with Crippen molar-refractivity contribution in [3.05, 3.63) is 52.9 Å². The average Bonchev–Trinajstić information content (AvgIpc) is 3.51. The quantitative estimate of drug-likeness (QED) is 0.306. The summed E-state index contributed by atoms with van der Waals surface area (Å²) >= 11 is 6.48. The number of hydrogen-bond donors (Lipinski definition) is 2. The smallest absolute Gasteiger partial charge is 0.235 e. The zero-order chi connectivity index (χ0) is 31.4. The van der Waals surface area contributed by atoms with Gasteiger partial charge in [-0.15, -0.1) is 0 Å². The van der Waals surface area contributed by atoms with E-state index in [-0.39, 0.29) is 23.8 Å². The van der Waals surface area contributed by atoms with Gasteiger partial charge in [0.1, 0.15) is 16.2 Å². The fourth-order valence-electron chi connectivity index (χ4n) is 6.49. The molecule has 3 amide bonds. The van der Waals surface area contributed by atoms with Crippen molar-refractivity contribution in [1.82, 2.24) is 30.0 Å². The number of amides is 3. The number of aryl methyl sites for hydroxylation is 1. The number of pyridine rings is 1. The third-order valence-electron chi connectivity index (χ3n) is 9.11. The number of fused-ring (bicyclic) bond motifs is 2. The van der Waals surface area contributed by atoms with Gasteiger partial charge in [-0.3, -0.25) is 29.4 Å². The van der Waals surface area contributed by atoms with Gasteiger partial charge in [0.15, 0.2) is 5.82 Å². The third kappa shape index (κ3) is 5.30. The predicted molar refractivity (Wildman–Crippen MR) is 171 cm³/mol. The molecule has 0 radical (unpaired) electrons. The molecular formula is C31H33ClN10O3. The number of imide groups is 1. The zero-order valence-corrected chi connectivity index (χ0v) is 26.0. The molecule has 1 aromatic carbocycles. The lowest BCUT2D eigenvalue weighted by molar-refractivity contribution is -0.134. The molecule has 3 aliphatic rings. The van der Waals surface area contributed by atoms with Crippen molar-refractivity contribution < 1.29 is 14.4 Å². The summed E-state index contributed by atoms with van der Waals surface area (Å²) in [4.78, 5) is 56.3. The Balaban J connectivity index is 1.02. The second kappa shape index (κ2) is 11.3. The molecule has 7 rings (SSSR count). The number of rotatable bonds is 6. The van der Waals surface area contributed by atoms with E-state index in [0.29, 0.717) is 47.3 Å². The molecule has 3 aliphatic heterocycles. The van der Waals surface area contributed by atoms with Crippen LogP contribution in [-0.2, 0) is 27.9 Å². The lowest BCUT2D eigenvalue weighted by Gasteiger charge is -2.37. The van der Waals surface area contributed by atoms with Crippen molar-refractivity contribution in [2.45, 2.75) is 44.1 Å². The van der Waals surface area contributed by atoms with E-state index < -0.39 is 5.92 Å². The lowest BCUT2D eigenvalue weighted by atomic mass is 9.94. The first-order valence-electron chi connectivity index (χ1n) is 15.0. The second-order valence-corrected chi connectivity index (χ2v) is 12.3. The minimum Gasteiger partial charge on any atom is -0.370 e. The molecular weight excluding hydrogens is 596 g/mol. The molecule has 0 aliphatic carbocycles. The van der Waals surface area contributed by atoms with E-state index in [0.717, 1.165) is 54.1 Å². The van der Waals surface area contributed by atoms with Gasteiger partial charge in [0.2, 0.25) is 23.7 Å². The highest BCUT2D eigenvalue weighted by Crippen LogP contribution is 2.34. The van der Waals surface area contributed by atoms with E-state index >= 15 is 0 Å². The fraction of sp³-hybridized carbons (Fsp3) is 0.387. The maximum atomic E-state index is 12.5. The molecule has 4 aromatic rings. The Labute approximate surface area is 264 Å². The van der Waals surface area contributed by atoms with Crippen molar-refractivity contribution >= 4 is 69.2 Å². The minimum absolute atomic E-state index is 0.0740. The van der Waals surface area contributed by atoms with E-state index in [1.165, 1.54) is 0 Å². The number of hydrogen-bond acceptors (Lipinski definition) is 10. The summed E-state index contributed by atoms with van der Waals surface area (Å²) < 4.78 is 1.76.